The minimum absolute atomic E-state index is 0.0500. The van der Waals surface area contributed by atoms with Gasteiger partial charge in [-0.15, -0.1) is 0 Å². The highest BCUT2D eigenvalue weighted by atomic mass is 35.5. The first-order valence-electron chi connectivity index (χ1n) is 8.64. The van der Waals surface area contributed by atoms with Crippen molar-refractivity contribution in [1.29, 1.82) is 5.26 Å². The highest BCUT2D eigenvalue weighted by molar-refractivity contribution is 6.31. The van der Waals surface area contributed by atoms with Gasteiger partial charge in [-0.05, 0) is 49.2 Å². The van der Waals surface area contributed by atoms with Crippen LogP contribution in [0.2, 0.25) is 5.02 Å². The summed E-state index contributed by atoms with van der Waals surface area (Å²) < 4.78 is 40.4. The van der Waals surface area contributed by atoms with E-state index < -0.39 is 11.7 Å². The molecule has 3 nitrogen and oxygen atoms in total. The topological polar surface area (TPSA) is 39.1 Å². The van der Waals surface area contributed by atoms with Crippen molar-refractivity contribution in [1.82, 2.24) is 5.32 Å². The fraction of sp³-hybridized carbons (Fsp3) is 0.350. The number of nitrogens with one attached hydrogen (secondary N) is 1. The minimum atomic E-state index is -4.59. The predicted molar refractivity (Wildman–Crippen MR) is 99.8 cm³/mol. The van der Waals surface area contributed by atoms with Crippen molar-refractivity contribution in [3.63, 3.8) is 0 Å². The normalized spacial score (nSPS) is 17.0. The van der Waals surface area contributed by atoms with Crippen LogP contribution in [0.4, 0.5) is 18.9 Å². The van der Waals surface area contributed by atoms with Crippen LogP contribution in [0, 0.1) is 18.3 Å². The van der Waals surface area contributed by atoms with Crippen molar-refractivity contribution >= 4 is 17.3 Å². The van der Waals surface area contributed by atoms with Gasteiger partial charge < -0.3 is 10.2 Å². The van der Waals surface area contributed by atoms with Crippen molar-refractivity contribution in [2.45, 2.75) is 32.1 Å². The smallest absolute Gasteiger partial charge is 0.363 e. The second-order valence-corrected chi connectivity index (χ2v) is 7.07. The Balaban J connectivity index is 2.09. The highest BCUT2D eigenvalue weighted by Gasteiger charge is 2.35. The molecule has 27 heavy (non-hydrogen) atoms. The number of halogens is 4. The average molecular weight is 394 g/mol. The molecule has 0 aromatic heterocycles. The van der Waals surface area contributed by atoms with E-state index in [1.165, 1.54) is 6.07 Å². The number of benzene rings is 2. The zero-order valence-electron chi connectivity index (χ0n) is 14.8. The maximum atomic E-state index is 13.5. The van der Waals surface area contributed by atoms with Gasteiger partial charge in [-0.25, -0.2) is 0 Å². The summed E-state index contributed by atoms with van der Waals surface area (Å²) in [7, 11) is 0. The third-order valence-corrected chi connectivity index (χ3v) is 5.21. The largest absolute Gasteiger partial charge is 0.417 e. The lowest BCUT2D eigenvalue weighted by Gasteiger charge is -2.33. The Hall–Kier alpha value is -2.23. The van der Waals surface area contributed by atoms with E-state index in [0.717, 1.165) is 24.6 Å². The Labute approximate surface area is 161 Å². The van der Waals surface area contributed by atoms with Gasteiger partial charge in [-0.2, -0.15) is 18.4 Å². The van der Waals surface area contributed by atoms with Gasteiger partial charge in [0.25, 0.3) is 0 Å². The SMILES string of the molecule is Cc1cc(C#N)c(C(F)(F)F)cc1N(Cc1ccccc1Cl)C1CCNC1. The van der Waals surface area contributed by atoms with Crippen LogP contribution in [0.5, 0.6) is 0 Å². The van der Waals surface area contributed by atoms with Crippen molar-refractivity contribution in [2.75, 3.05) is 18.0 Å². The van der Waals surface area contributed by atoms with Crippen molar-refractivity contribution in [2.24, 2.45) is 0 Å². The maximum Gasteiger partial charge on any atom is 0.417 e. The molecule has 1 aliphatic rings. The number of hydrogen-bond donors (Lipinski definition) is 1. The Bertz CT molecular complexity index is 868. The van der Waals surface area contributed by atoms with Crippen molar-refractivity contribution < 1.29 is 13.2 Å². The molecule has 1 fully saturated rings. The highest BCUT2D eigenvalue weighted by Crippen LogP contribution is 2.37. The molecule has 7 heteroatoms. The molecule has 0 radical (unpaired) electrons. The number of alkyl halides is 3. The number of rotatable bonds is 4. The first kappa shape index (κ1) is 19.5. The fourth-order valence-electron chi connectivity index (χ4n) is 3.46. The summed E-state index contributed by atoms with van der Waals surface area (Å²) >= 11 is 6.29. The molecule has 0 bridgehead atoms. The summed E-state index contributed by atoms with van der Waals surface area (Å²) in [6.45, 7) is 3.63. The molecule has 2 aromatic rings. The summed E-state index contributed by atoms with van der Waals surface area (Å²) in [5, 5.41) is 13.0. The third kappa shape index (κ3) is 4.20. The quantitative estimate of drug-likeness (QED) is 0.802. The summed E-state index contributed by atoms with van der Waals surface area (Å²) in [6, 6.07) is 11.5. The summed E-state index contributed by atoms with van der Waals surface area (Å²) in [6.07, 6.45) is -3.76. The lowest BCUT2D eigenvalue weighted by molar-refractivity contribution is -0.137. The van der Waals surface area contributed by atoms with E-state index in [0.29, 0.717) is 29.4 Å². The van der Waals surface area contributed by atoms with Crippen molar-refractivity contribution in [3.8, 4) is 6.07 Å². The number of nitrogens with zero attached hydrogens (tertiary/aromatic N) is 2. The van der Waals surface area contributed by atoms with Gasteiger partial charge in [0.05, 0.1) is 17.2 Å². The molecule has 1 N–H and O–H groups in total. The third-order valence-electron chi connectivity index (χ3n) is 4.84. The Kier molecular flexibility index (Phi) is 5.64. The number of anilines is 1. The zero-order valence-corrected chi connectivity index (χ0v) is 15.5. The lowest BCUT2D eigenvalue weighted by atomic mass is 10.00. The van der Waals surface area contributed by atoms with Crippen molar-refractivity contribution in [3.05, 3.63) is 63.7 Å². The van der Waals surface area contributed by atoms with Crippen LogP contribution in [0.3, 0.4) is 0 Å². The molecule has 0 aliphatic carbocycles. The molecule has 0 spiro atoms. The molecule has 0 saturated carbocycles. The van der Waals surface area contributed by atoms with Gasteiger partial charge in [0.1, 0.15) is 0 Å². The summed E-state index contributed by atoms with van der Waals surface area (Å²) in [5.74, 6) is 0. The Morgan fingerprint density at radius 1 is 1.30 bits per heavy atom. The van der Waals surface area contributed by atoms with Gasteiger partial charge in [0.2, 0.25) is 0 Å². The molecular weight excluding hydrogens is 375 g/mol. The molecule has 0 amide bonds. The second kappa shape index (κ2) is 7.79. The van der Waals surface area contributed by atoms with E-state index in [9.17, 15) is 13.2 Å². The summed E-state index contributed by atoms with van der Waals surface area (Å²) in [4.78, 5) is 1.97. The Morgan fingerprint density at radius 3 is 2.63 bits per heavy atom. The van der Waals surface area contributed by atoms with Gasteiger partial charge in [-0.1, -0.05) is 29.8 Å². The molecule has 1 unspecified atom stereocenters. The van der Waals surface area contributed by atoms with Crippen LogP contribution in [-0.4, -0.2) is 19.1 Å². The molecule has 1 aliphatic heterocycles. The molecule has 1 heterocycles. The fourth-order valence-corrected chi connectivity index (χ4v) is 3.66. The van der Waals surface area contributed by atoms with Gasteiger partial charge in [-0.3, -0.25) is 0 Å². The number of aryl methyl sites for hydroxylation is 1. The van der Waals surface area contributed by atoms with Gasteiger partial charge in [0, 0.05) is 29.8 Å². The van der Waals surface area contributed by atoms with E-state index in [4.69, 9.17) is 16.9 Å². The average Bonchev–Trinajstić information content (AvgIpc) is 3.14. The van der Waals surface area contributed by atoms with Crippen LogP contribution >= 0.6 is 11.6 Å². The van der Waals surface area contributed by atoms with Crippen LogP contribution < -0.4 is 10.2 Å². The van der Waals surface area contributed by atoms with Crippen LogP contribution in [-0.2, 0) is 12.7 Å². The van der Waals surface area contributed by atoms with E-state index in [1.807, 2.05) is 23.1 Å². The Morgan fingerprint density at radius 2 is 2.04 bits per heavy atom. The lowest BCUT2D eigenvalue weighted by Crippen LogP contribution is -2.37. The summed E-state index contributed by atoms with van der Waals surface area (Å²) in [5.41, 5.74) is 0.712. The van der Waals surface area contributed by atoms with E-state index >= 15 is 0 Å². The maximum absolute atomic E-state index is 13.5. The second-order valence-electron chi connectivity index (χ2n) is 6.66. The molecule has 142 valence electrons. The molecule has 1 saturated heterocycles. The standard InChI is InChI=1S/C20H19ClF3N3/c1-13-8-15(10-25)17(20(22,23)24)9-19(13)27(16-6-7-26-11-16)12-14-4-2-3-5-18(14)21/h2-5,8-9,16,26H,6-7,11-12H2,1H3. The monoisotopic (exact) mass is 393 g/mol. The van der Waals surface area contributed by atoms with Gasteiger partial charge >= 0.3 is 6.18 Å². The van der Waals surface area contributed by atoms with E-state index in [2.05, 4.69) is 5.32 Å². The predicted octanol–water partition coefficient (Wildman–Crippen LogP) is 4.91. The molecular formula is C20H19ClF3N3. The van der Waals surface area contributed by atoms with E-state index in [-0.39, 0.29) is 11.6 Å². The zero-order chi connectivity index (χ0) is 19.6. The molecule has 3 rings (SSSR count). The van der Waals surface area contributed by atoms with E-state index in [1.54, 1.807) is 19.1 Å². The molecule has 1 atom stereocenters. The minimum Gasteiger partial charge on any atom is -0.363 e. The molecule has 2 aromatic carbocycles. The van der Waals surface area contributed by atoms with Crippen LogP contribution in [0.1, 0.15) is 28.7 Å². The van der Waals surface area contributed by atoms with Crippen LogP contribution in [0.15, 0.2) is 36.4 Å². The first-order valence-corrected chi connectivity index (χ1v) is 9.01. The number of nitriles is 1. The first-order chi connectivity index (χ1) is 12.8. The van der Waals surface area contributed by atoms with Crippen LogP contribution in [0.25, 0.3) is 0 Å². The van der Waals surface area contributed by atoms with Gasteiger partial charge in [0.15, 0.2) is 0 Å². The number of hydrogen-bond acceptors (Lipinski definition) is 3.